The molecule has 3 heterocycles. The molecule has 1 aromatic heterocycles. The monoisotopic (exact) mass is 227 g/mol. The molecule has 0 aliphatic carbocycles. The molecule has 0 radical (unpaired) electrons. The van der Waals surface area contributed by atoms with Crippen molar-refractivity contribution >= 4 is 11.3 Å². The summed E-state index contributed by atoms with van der Waals surface area (Å²) in [5, 5.41) is 6.00. The highest BCUT2D eigenvalue weighted by Crippen LogP contribution is 2.49. The Morgan fingerprint density at radius 1 is 1.25 bits per heavy atom. The van der Waals surface area contributed by atoms with Gasteiger partial charge in [0.2, 0.25) is 0 Å². The minimum Gasteiger partial charge on any atom is -0.297 e. The minimum atomic E-state index is 0.0504. The van der Waals surface area contributed by atoms with Gasteiger partial charge in [-0.15, -0.1) is 11.3 Å². The second-order valence-corrected chi connectivity index (χ2v) is 5.87. The molecule has 0 fully saturated rings. The van der Waals surface area contributed by atoms with E-state index in [0.717, 1.165) is 6.42 Å². The lowest BCUT2D eigenvalue weighted by Crippen LogP contribution is -2.40. The van der Waals surface area contributed by atoms with Crippen molar-refractivity contribution in [3.05, 3.63) is 57.3 Å². The van der Waals surface area contributed by atoms with Crippen molar-refractivity contribution in [1.29, 1.82) is 0 Å². The Labute approximate surface area is 99.1 Å². The van der Waals surface area contributed by atoms with Crippen LogP contribution in [-0.2, 0) is 12.0 Å². The second-order valence-electron chi connectivity index (χ2n) is 4.87. The lowest BCUT2D eigenvalue weighted by Gasteiger charge is -2.32. The zero-order valence-corrected chi connectivity index (χ0v) is 9.97. The summed E-state index contributed by atoms with van der Waals surface area (Å²) >= 11 is 1.90. The fourth-order valence-corrected chi connectivity index (χ4v) is 4.30. The first kappa shape index (κ1) is 8.97. The van der Waals surface area contributed by atoms with E-state index in [0.29, 0.717) is 6.04 Å². The van der Waals surface area contributed by atoms with Crippen molar-refractivity contribution in [3.8, 4) is 0 Å². The third kappa shape index (κ3) is 0.902. The number of rotatable bonds is 0. The van der Waals surface area contributed by atoms with Crippen molar-refractivity contribution in [2.45, 2.75) is 24.9 Å². The molecule has 1 nitrogen and oxygen atoms in total. The van der Waals surface area contributed by atoms with Gasteiger partial charge in [-0.1, -0.05) is 24.3 Å². The predicted octanol–water partition coefficient (Wildman–Crippen LogP) is 3.21. The maximum atomic E-state index is 3.78. The Hall–Kier alpha value is -1.12. The van der Waals surface area contributed by atoms with Crippen molar-refractivity contribution in [1.82, 2.24) is 5.32 Å². The van der Waals surface area contributed by atoms with Gasteiger partial charge < -0.3 is 0 Å². The van der Waals surface area contributed by atoms with Crippen molar-refractivity contribution < 1.29 is 0 Å². The molecule has 1 aromatic carbocycles. The number of thiophene rings is 1. The highest BCUT2D eigenvalue weighted by molar-refractivity contribution is 7.10. The molecule has 1 N–H and O–H groups in total. The van der Waals surface area contributed by atoms with Crippen LogP contribution in [-0.4, -0.2) is 0 Å². The molecule has 2 unspecified atom stereocenters. The highest BCUT2D eigenvalue weighted by atomic mass is 32.1. The van der Waals surface area contributed by atoms with Crippen LogP contribution in [0, 0.1) is 0 Å². The summed E-state index contributed by atoms with van der Waals surface area (Å²) in [6.07, 6.45) is 1.15. The smallest absolute Gasteiger partial charge is 0.0680 e. The number of hydrogen-bond donors (Lipinski definition) is 1. The Bertz CT molecular complexity index is 572. The molecule has 2 bridgehead atoms. The van der Waals surface area contributed by atoms with Gasteiger partial charge in [0, 0.05) is 17.3 Å². The Kier molecular flexibility index (Phi) is 1.55. The van der Waals surface area contributed by atoms with E-state index < -0.39 is 0 Å². The van der Waals surface area contributed by atoms with Crippen LogP contribution in [0.15, 0.2) is 35.7 Å². The number of fused-ring (bicyclic) bond motifs is 7. The summed E-state index contributed by atoms with van der Waals surface area (Å²) in [6.45, 7) is 2.32. The first-order valence-corrected chi connectivity index (χ1v) is 6.61. The average molecular weight is 227 g/mol. The molecule has 2 aromatic rings. The van der Waals surface area contributed by atoms with Crippen LogP contribution in [0.25, 0.3) is 0 Å². The lowest BCUT2D eigenvalue weighted by atomic mass is 9.86. The van der Waals surface area contributed by atoms with Gasteiger partial charge in [-0.2, -0.15) is 0 Å². The summed E-state index contributed by atoms with van der Waals surface area (Å²) in [6, 6.07) is 11.7. The summed E-state index contributed by atoms with van der Waals surface area (Å²) in [7, 11) is 0. The van der Waals surface area contributed by atoms with Crippen LogP contribution in [0.5, 0.6) is 0 Å². The van der Waals surface area contributed by atoms with Crippen molar-refractivity contribution in [3.63, 3.8) is 0 Å². The molecule has 0 amide bonds. The molecule has 0 spiro atoms. The van der Waals surface area contributed by atoms with Crippen molar-refractivity contribution in [2.24, 2.45) is 0 Å². The maximum Gasteiger partial charge on any atom is 0.0680 e. The zero-order chi connectivity index (χ0) is 10.8. The average Bonchev–Trinajstić information content (AvgIpc) is 2.85. The molecule has 0 saturated heterocycles. The zero-order valence-electron chi connectivity index (χ0n) is 9.16. The fraction of sp³-hybridized carbons (Fsp3) is 0.286. The summed E-state index contributed by atoms with van der Waals surface area (Å²) in [5.74, 6) is 0. The number of benzene rings is 1. The normalized spacial score (nSPS) is 29.9. The van der Waals surface area contributed by atoms with E-state index in [9.17, 15) is 0 Å². The maximum absolute atomic E-state index is 3.78. The molecular weight excluding hydrogens is 214 g/mol. The van der Waals surface area contributed by atoms with E-state index in [1.807, 2.05) is 11.3 Å². The molecule has 2 heteroatoms. The largest absolute Gasteiger partial charge is 0.297 e. The van der Waals surface area contributed by atoms with Gasteiger partial charge in [0.05, 0.1) is 5.54 Å². The Morgan fingerprint density at radius 2 is 2.12 bits per heavy atom. The highest BCUT2D eigenvalue weighted by Gasteiger charge is 2.45. The molecule has 2 aliphatic heterocycles. The van der Waals surface area contributed by atoms with Crippen LogP contribution >= 0.6 is 11.3 Å². The molecule has 16 heavy (non-hydrogen) atoms. The molecule has 2 aliphatic rings. The first-order chi connectivity index (χ1) is 7.79. The van der Waals surface area contributed by atoms with E-state index in [2.05, 4.69) is 48.0 Å². The van der Waals surface area contributed by atoms with E-state index in [1.165, 1.54) is 16.7 Å². The quantitative estimate of drug-likeness (QED) is 0.728. The summed E-state index contributed by atoms with van der Waals surface area (Å²) in [4.78, 5) is 1.56. The van der Waals surface area contributed by atoms with Gasteiger partial charge in [-0.05, 0) is 35.1 Å². The van der Waals surface area contributed by atoms with Crippen LogP contribution in [0.1, 0.15) is 34.5 Å². The van der Waals surface area contributed by atoms with Gasteiger partial charge in [0.15, 0.2) is 0 Å². The van der Waals surface area contributed by atoms with Gasteiger partial charge in [-0.25, -0.2) is 0 Å². The van der Waals surface area contributed by atoms with Gasteiger partial charge in [0.25, 0.3) is 0 Å². The molecule has 0 saturated carbocycles. The fourth-order valence-electron chi connectivity index (χ4n) is 3.27. The Balaban J connectivity index is 2.06. The molecule has 80 valence electrons. The first-order valence-electron chi connectivity index (χ1n) is 5.73. The topological polar surface area (TPSA) is 12.0 Å². The van der Waals surface area contributed by atoms with Gasteiger partial charge in [0.1, 0.15) is 0 Å². The third-order valence-electron chi connectivity index (χ3n) is 4.01. The number of hydrogen-bond acceptors (Lipinski definition) is 2. The molecule has 2 atom stereocenters. The second kappa shape index (κ2) is 2.76. The van der Waals surface area contributed by atoms with Crippen LogP contribution in [0.4, 0.5) is 0 Å². The molecular formula is C14H13NS. The minimum absolute atomic E-state index is 0.0504. The van der Waals surface area contributed by atoms with Crippen LogP contribution in [0.2, 0.25) is 0 Å². The van der Waals surface area contributed by atoms with E-state index >= 15 is 0 Å². The third-order valence-corrected chi connectivity index (χ3v) is 4.95. The van der Waals surface area contributed by atoms with Crippen LogP contribution in [0.3, 0.4) is 0 Å². The molecule has 4 rings (SSSR count). The van der Waals surface area contributed by atoms with E-state index in [4.69, 9.17) is 0 Å². The van der Waals surface area contributed by atoms with Crippen molar-refractivity contribution in [2.75, 3.05) is 0 Å². The van der Waals surface area contributed by atoms with E-state index in [1.54, 1.807) is 4.88 Å². The van der Waals surface area contributed by atoms with Gasteiger partial charge in [-0.3, -0.25) is 5.32 Å². The Morgan fingerprint density at radius 3 is 3.06 bits per heavy atom. The summed E-state index contributed by atoms with van der Waals surface area (Å²) < 4.78 is 0. The van der Waals surface area contributed by atoms with Crippen LogP contribution < -0.4 is 5.32 Å². The summed E-state index contributed by atoms with van der Waals surface area (Å²) in [5.41, 5.74) is 4.50. The SMILES string of the molecule is CC12NC(Cc3sccc31)c1ccccc12. The lowest BCUT2D eigenvalue weighted by molar-refractivity contribution is 0.393. The van der Waals surface area contributed by atoms with E-state index in [-0.39, 0.29) is 5.54 Å². The predicted molar refractivity (Wildman–Crippen MR) is 66.8 cm³/mol. The standard InChI is InChI=1S/C14H13NS/c1-14-10-5-3-2-4-9(10)12(15-14)8-13-11(14)6-7-16-13/h2-7,12,15H,8H2,1H3. The number of nitrogens with one attached hydrogen (secondary N) is 1. The van der Waals surface area contributed by atoms with Gasteiger partial charge >= 0.3 is 0 Å².